The number of aryl methyl sites for hydroxylation is 1. The lowest BCUT2D eigenvalue weighted by Gasteiger charge is -2.13. The van der Waals surface area contributed by atoms with Crippen molar-refractivity contribution in [1.29, 1.82) is 0 Å². The van der Waals surface area contributed by atoms with E-state index in [4.69, 9.17) is 4.74 Å². The number of hydrogen-bond donors (Lipinski definition) is 2. The Hall–Kier alpha value is -1.70. The van der Waals surface area contributed by atoms with Gasteiger partial charge in [0.05, 0.1) is 35.9 Å². The molecule has 2 aromatic rings. The maximum Gasteiger partial charge on any atom is 0.272 e. The molecule has 3 rings (SSSR count). The third-order valence-electron chi connectivity index (χ3n) is 3.25. The van der Waals surface area contributed by atoms with E-state index in [1.54, 1.807) is 29.1 Å². The highest BCUT2D eigenvalue weighted by molar-refractivity contribution is 7.13. The van der Waals surface area contributed by atoms with Crippen LogP contribution in [0.1, 0.15) is 10.5 Å². The predicted molar refractivity (Wildman–Crippen MR) is 74.6 cm³/mol. The number of nitrogens with one attached hydrogen (secondary N) is 1. The topological polar surface area (TPSA) is 76.4 Å². The minimum absolute atomic E-state index is 0.258. The average molecular weight is 293 g/mol. The molecule has 2 unspecified atom stereocenters. The molecule has 2 N–H and O–H groups in total. The zero-order valence-electron chi connectivity index (χ0n) is 10.9. The fourth-order valence-electron chi connectivity index (χ4n) is 2.16. The number of aliphatic hydroxyl groups is 1. The lowest BCUT2D eigenvalue weighted by molar-refractivity contribution is 0.0881. The van der Waals surface area contributed by atoms with Crippen molar-refractivity contribution in [3.8, 4) is 10.6 Å². The first-order valence-corrected chi connectivity index (χ1v) is 7.17. The minimum atomic E-state index is -0.653. The summed E-state index contributed by atoms with van der Waals surface area (Å²) >= 11 is 1.60. The molecule has 106 valence electrons. The number of ether oxygens (including phenoxy) is 1. The van der Waals surface area contributed by atoms with E-state index < -0.39 is 6.10 Å². The molecule has 0 aliphatic carbocycles. The molecule has 0 saturated carbocycles. The van der Waals surface area contributed by atoms with Gasteiger partial charge in [-0.05, 0) is 17.5 Å². The van der Waals surface area contributed by atoms with Crippen LogP contribution in [-0.2, 0) is 11.8 Å². The maximum absolute atomic E-state index is 12.1. The molecule has 1 fully saturated rings. The molecule has 6 nitrogen and oxygen atoms in total. The first-order valence-electron chi connectivity index (χ1n) is 6.30. The van der Waals surface area contributed by atoms with Crippen molar-refractivity contribution in [3.05, 3.63) is 29.3 Å². The summed E-state index contributed by atoms with van der Waals surface area (Å²) in [5.74, 6) is -0.294. The fourth-order valence-corrected chi connectivity index (χ4v) is 2.93. The van der Waals surface area contributed by atoms with Crippen molar-refractivity contribution in [2.75, 3.05) is 13.2 Å². The monoisotopic (exact) mass is 293 g/mol. The van der Waals surface area contributed by atoms with Crippen LogP contribution in [0.3, 0.4) is 0 Å². The van der Waals surface area contributed by atoms with Gasteiger partial charge in [-0.25, -0.2) is 0 Å². The quantitative estimate of drug-likeness (QED) is 0.870. The maximum atomic E-state index is 12.1. The van der Waals surface area contributed by atoms with Gasteiger partial charge < -0.3 is 15.2 Å². The van der Waals surface area contributed by atoms with Gasteiger partial charge in [0.15, 0.2) is 5.69 Å². The Morgan fingerprint density at radius 1 is 1.60 bits per heavy atom. The van der Waals surface area contributed by atoms with E-state index in [0.29, 0.717) is 12.3 Å². The molecule has 3 heterocycles. The number of rotatable bonds is 3. The number of amides is 1. The van der Waals surface area contributed by atoms with Crippen molar-refractivity contribution in [1.82, 2.24) is 15.1 Å². The summed E-state index contributed by atoms with van der Waals surface area (Å²) in [6, 6.07) is 5.33. The van der Waals surface area contributed by atoms with Gasteiger partial charge in [0.1, 0.15) is 0 Å². The summed E-state index contributed by atoms with van der Waals surface area (Å²) in [6.07, 6.45) is -0.653. The van der Waals surface area contributed by atoms with Gasteiger partial charge in [0, 0.05) is 7.05 Å². The number of nitrogens with zero attached hydrogens (tertiary/aromatic N) is 2. The van der Waals surface area contributed by atoms with Crippen molar-refractivity contribution >= 4 is 17.2 Å². The van der Waals surface area contributed by atoms with Crippen LogP contribution in [0.2, 0.25) is 0 Å². The first kappa shape index (κ1) is 13.3. The molecular weight excluding hydrogens is 278 g/mol. The van der Waals surface area contributed by atoms with E-state index >= 15 is 0 Å². The molecule has 7 heteroatoms. The van der Waals surface area contributed by atoms with E-state index in [0.717, 1.165) is 10.6 Å². The van der Waals surface area contributed by atoms with Crippen molar-refractivity contribution < 1.29 is 14.6 Å². The van der Waals surface area contributed by atoms with Gasteiger partial charge in [0.25, 0.3) is 5.91 Å². The van der Waals surface area contributed by atoms with Crippen LogP contribution in [0, 0.1) is 0 Å². The van der Waals surface area contributed by atoms with Gasteiger partial charge in [0.2, 0.25) is 0 Å². The predicted octanol–water partition coefficient (Wildman–Crippen LogP) is 0.638. The SMILES string of the molecule is Cn1nc(C(=O)NC2COCC2O)cc1-c1cccs1. The van der Waals surface area contributed by atoms with E-state index in [9.17, 15) is 9.90 Å². The highest BCUT2D eigenvalue weighted by Gasteiger charge is 2.28. The third kappa shape index (κ3) is 2.47. The van der Waals surface area contributed by atoms with Crippen LogP contribution in [0.4, 0.5) is 0 Å². The van der Waals surface area contributed by atoms with Gasteiger partial charge in [-0.3, -0.25) is 9.48 Å². The Morgan fingerprint density at radius 2 is 2.45 bits per heavy atom. The second kappa shape index (κ2) is 5.35. The van der Waals surface area contributed by atoms with E-state index in [1.807, 2.05) is 17.5 Å². The molecule has 1 aliphatic rings. The Labute approximate surface area is 120 Å². The van der Waals surface area contributed by atoms with E-state index in [2.05, 4.69) is 10.4 Å². The number of carbonyl (C=O) groups excluding carboxylic acids is 1. The molecule has 1 aliphatic heterocycles. The molecule has 0 bridgehead atoms. The lowest BCUT2D eigenvalue weighted by atomic mass is 10.2. The zero-order chi connectivity index (χ0) is 14.1. The van der Waals surface area contributed by atoms with Gasteiger partial charge in [-0.15, -0.1) is 11.3 Å². The summed E-state index contributed by atoms with van der Waals surface area (Å²) in [4.78, 5) is 13.2. The average Bonchev–Trinajstić information content (AvgIpc) is 3.11. The number of aromatic nitrogens is 2. The summed E-state index contributed by atoms with van der Waals surface area (Å²) in [5.41, 5.74) is 1.24. The van der Waals surface area contributed by atoms with Crippen molar-refractivity contribution in [2.45, 2.75) is 12.1 Å². The lowest BCUT2D eigenvalue weighted by Crippen LogP contribution is -2.42. The van der Waals surface area contributed by atoms with Crippen LogP contribution in [0.5, 0.6) is 0 Å². The first-order chi connectivity index (χ1) is 9.65. The third-order valence-corrected chi connectivity index (χ3v) is 4.15. The molecule has 1 amide bonds. The highest BCUT2D eigenvalue weighted by Crippen LogP contribution is 2.24. The Kier molecular flexibility index (Phi) is 3.56. The molecule has 1 saturated heterocycles. The Balaban J connectivity index is 1.77. The van der Waals surface area contributed by atoms with Crippen molar-refractivity contribution in [2.24, 2.45) is 7.05 Å². The standard InChI is InChI=1S/C13H15N3O3S/c1-16-10(12-3-2-4-20-12)5-8(15-16)13(18)14-9-6-19-7-11(9)17/h2-5,9,11,17H,6-7H2,1H3,(H,14,18). The molecule has 20 heavy (non-hydrogen) atoms. The molecule has 2 aromatic heterocycles. The van der Waals surface area contributed by atoms with Crippen LogP contribution >= 0.6 is 11.3 Å². The number of aliphatic hydroxyl groups excluding tert-OH is 1. The molecular formula is C13H15N3O3S. The number of hydrogen-bond acceptors (Lipinski definition) is 5. The fraction of sp³-hybridized carbons (Fsp3) is 0.385. The smallest absolute Gasteiger partial charge is 0.272 e. The molecule has 0 spiro atoms. The second-order valence-electron chi connectivity index (χ2n) is 4.70. The summed E-state index contributed by atoms with van der Waals surface area (Å²) in [7, 11) is 1.80. The van der Waals surface area contributed by atoms with Crippen LogP contribution in [-0.4, -0.2) is 46.2 Å². The minimum Gasteiger partial charge on any atom is -0.388 e. The largest absolute Gasteiger partial charge is 0.388 e. The second-order valence-corrected chi connectivity index (χ2v) is 5.65. The van der Waals surface area contributed by atoms with E-state index in [-0.39, 0.29) is 18.6 Å². The normalized spacial score (nSPS) is 22.1. The Morgan fingerprint density at radius 3 is 3.10 bits per heavy atom. The molecule has 2 atom stereocenters. The van der Waals surface area contributed by atoms with Crippen molar-refractivity contribution in [3.63, 3.8) is 0 Å². The van der Waals surface area contributed by atoms with Gasteiger partial charge in [-0.1, -0.05) is 6.07 Å². The van der Waals surface area contributed by atoms with Crippen LogP contribution < -0.4 is 5.32 Å². The van der Waals surface area contributed by atoms with Gasteiger partial charge >= 0.3 is 0 Å². The number of thiophene rings is 1. The summed E-state index contributed by atoms with van der Waals surface area (Å²) in [5, 5.41) is 18.6. The highest BCUT2D eigenvalue weighted by atomic mass is 32.1. The number of carbonyl (C=O) groups is 1. The van der Waals surface area contributed by atoms with Crippen LogP contribution in [0.25, 0.3) is 10.6 Å². The molecule has 0 radical (unpaired) electrons. The summed E-state index contributed by atoms with van der Waals surface area (Å²) < 4.78 is 6.79. The summed E-state index contributed by atoms with van der Waals surface area (Å²) in [6.45, 7) is 0.588. The Bertz CT molecular complexity index is 608. The van der Waals surface area contributed by atoms with Crippen LogP contribution in [0.15, 0.2) is 23.6 Å². The molecule has 0 aromatic carbocycles. The van der Waals surface area contributed by atoms with Gasteiger partial charge in [-0.2, -0.15) is 5.10 Å². The zero-order valence-corrected chi connectivity index (χ0v) is 11.8. The van der Waals surface area contributed by atoms with E-state index in [1.165, 1.54) is 0 Å².